The van der Waals surface area contributed by atoms with E-state index in [9.17, 15) is 9.90 Å². The molecule has 0 amide bonds. The molecule has 27 heavy (non-hydrogen) atoms. The van der Waals surface area contributed by atoms with Gasteiger partial charge < -0.3 is 5.11 Å². The summed E-state index contributed by atoms with van der Waals surface area (Å²) in [6.45, 7) is 4.70. The van der Waals surface area contributed by atoms with Crippen LogP contribution in [-0.2, 0) is 4.79 Å². The van der Waals surface area contributed by atoms with Crippen molar-refractivity contribution in [2.24, 2.45) is 28.6 Å². The van der Waals surface area contributed by atoms with Gasteiger partial charge in [0.15, 0.2) is 5.78 Å². The third-order valence-corrected chi connectivity index (χ3v) is 9.40. The standard InChI is InChI=1S/C24H30O2S/c1-23-9-7-17(25)14-16(23)5-6-19-20(23)8-10-24(2)21(19)13-15(22(24)26)12-18-4-3-11-27-18/h3-5,11-12,17,19-21,25H,6-10,13-14H2,1-2H3/b15-12+. The Hall–Kier alpha value is -1.19. The minimum atomic E-state index is -0.167. The number of hydrogen-bond acceptors (Lipinski definition) is 3. The lowest BCUT2D eigenvalue weighted by atomic mass is 9.48. The molecule has 1 aromatic heterocycles. The van der Waals surface area contributed by atoms with Crippen molar-refractivity contribution in [1.82, 2.24) is 0 Å². The molecule has 4 aliphatic rings. The molecular weight excluding hydrogens is 352 g/mol. The van der Waals surface area contributed by atoms with Crippen LogP contribution in [0.3, 0.4) is 0 Å². The van der Waals surface area contributed by atoms with Crippen LogP contribution in [0.2, 0.25) is 0 Å². The highest BCUT2D eigenvalue weighted by atomic mass is 32.1. The van der Waals surface area contributed by atoms with Crippen LogP contribution in [-0.4, -0.2) is 17.0 Å². The monoisotopic (exact) mass is 382 g/mol. The predicted molar refractivity (Wildman–Crippen MR) is 110 cm³/mol. The summed E-state index contributed by atoms with van der Waals surface area (Å²) in [6, 6.07) is 4.18. The molecule has 144 valence electrons. The molecule has 6 unspecified atom stereocenters. The second-order valence-corrected chi connectivity index (χ2v) is 10.8. The zero-order valence-electron chi connectivity index (χ0n) is 16.4. The Morgan fingerprint density at radius 1 is 1.15 bits per heavy atom. The smallest absolute Gasteiger partial charge is 0.165 e. The van der Waals surface area contributed by atoms with Crippen molar-refractivity contribution in [3.05, 3.63) is 39.6 Å². The van der Waals surface area contributed by atoms with Crippen LogP contribution in [0.5, 0.6) is 0 Å². The van der Waals surface area contributed by atoms with Crippen LogP contribution in [0.4, 0.5) is 0 Å². The Labute approximate surface area is 166 Å². The van der Waals surface area contributed by atoms with E-state index in [1.54, 1.807) is 11.3 Å². The maximum Gasteiger partial charge on any atom is 0.165 e. The number of Topliss-reactive ketones (excluding diaryl/α,β-unsaturated/α-hetero) is 1. The van der Waals surface area contributed by atoms with E-state index in [1.165, 1.54) is 16.9 Å². The first-order valence-electron chi connectivity index (χ1n) is 10.6. The molecule has 3 heteroatoms. The minimum Gasteiger partial charge on any atom is -0.393 e. The third kappa shape index (κ3) is 2.57. The number of aliphatic hydroxyl groups is 1. The van der Waals surface area contributed by atoms with Gasteiger partial charge in [0.25, 0.3) is 0 Å². The van der Waals surface area contributed by atoms with Gasteiger partial charge >= 0.3 is 0 Å². The van der Waals surface area contributed by atoms with Crippen molar-refractivity contribution in [2.45, 2.75) is 64.9 Å². The molecule has 0 saturated heterocycles. The number of ketones is 1. The van der Waals surface area contributed by atoms with E-state index in [2.05, 4.69) is 43.5 Å². The first-order valence-corrected chi connectivity index (χ1v) is 11.5. The van der Waals surface area contributed by atoms with Gasteiger partial charge in [0, 0.05) is 10.3 Å². The Kier molecular flexibility index (Phi) is 4.07. The van der Waals surface area contributed by atoms with Crippen molar-refractivity contribution >= 4 is 23.2 Å². The Balaban J connectivity index is 1.49. The van der Waals surface area contributed by atoms with Crippen LogP contribution in [0.1, 0.15) is 63.7 Å². The summed E-state index contributed by atoms with van der Waals surface area (Å²) in [5.41, 5.74) is 2.64. The average molecular weight is 383 g/mol. The second kappa shape index (κ2) is 6.15. The van der Waals surface area contributed by atoms with E-state index in [4.69, 9.17) is 0 Å². The molecule has 3 saturated carbocycles. The molecule has 3 fully saturated rings. The number of rotatable bonds is 1. The molecule has 4 aliphatic carbocycles. The topological polar surface area (TPSA) is 37.3 Å². The molecule has 1 N–H and O–H groups in total. The summed E-state index contributed by atoms with van der Waals surface area (Å²) in [4.78, 5) is 14.6. The number of allylic oxidation sites excluding steroid dienone is 2. The van der Waals surface area contributed by atoms with Gasteiger partial charge in [-0.05, 0) is 91.2 Å². The maximum absolute atomic E-state index is 13.4. The fourth-order valence-electron chi connectivity index (χ4n) is 6.99. The number of thiophene rings is 1. The zero-order valence-corrected chi connectivity index (χ0v) is 17.2. The normalized spacial score (nSPS) is 45.2. The van der Waals surface area contributed by atoms with Gasteiger partial charge in [0.2, 0.25) is 0 Å². The maximum atomic E-state index is 13.4. The lowest BCUT2D eigenvalue weighted by Gasteiger charge is -2.56. The third-order valence-electron chi connectivity index (χ3n) is 8.58. The SMILES string of the molecule is CC12CCC3C(CC=C4CC(O)CCC43C)C1C/C(=C\c1cccs1)C2=O. The lowest BCUT2D eigenvalue weighted by Crippen LogP contribution is -2.50. The number of hydrogen-bond donors (Lipinski definition) is 1. The highest BCUT2D eigenvalue weighted by molar-refractivity contribution is 7.10. The van der Waals surface area contributed by atoms with Gasteiger partial charge in [-0.1, -0.05) is 31.6 Å². The largest absolute Gasteiger partial charge is 0.393 e. The van der Waals surface area contributed by atoms with Crippen LogP contribution in [0.15, 0.2) is 34.7 Å². The summed E-state index contributed by atoms with van der Waals surface area (Å²) in [5, 5.41) is 12.2. The number of aliphatic hydroxyl groups excluding tert-OH is 1. The fourth-order valence-corrected chi connectivity index (χ4v) is 7.67. The van der Waals surface area contributed by atoms with Crippen molar-refractivity contribution in [2.75, 3.05) is 0 Å². The number of fused-ring (bicyclic) bond motifs is 5. The molecule has 0 spiro atoms. The summed E-state index contributed by atoms with van der Waals surface area (Å²) in [6.07, 6.45) is 11.6. The van der Waals surface area contributed by atoms with Gasteiger partial charge in [-0.15, -0.1) is 11.3 Å². The predicted octanol–water partition coefficient (Wildman–Crippen LogP) is 5.63. The van der Waals surface area contributed by atoms with Gasteiger partial charge in [-0.3, -0.25) is 4.79 Å². The summed E-state index contributed by atoms with van der Waals surface area (Å²) in [7, 11) is 0. The molecule has 0 bridgehead atoms. The quantitative estimate of drug-likeness (QED) is 0.504. The van der Waals surface area contributed by atoms with Gasteiger partial charge in [0.1, 0.15) is 0 Å². The minimum absolute atomic E-state index is 0.150. The molecule has 0 aliphatic heterocycles. The molecule has 0 radical (unpaired) electrons. The zero-order chi connectivity index (χ0) is 18.8. The summed E-state index contributed by atoms with van der Waals surface area (Å²) >= 11 is 1.72. The van der Waals surface area contributed by atoms with Crippen LogP contribution >= 0.6 is 11.3 Å². The van der Waals surface area contributed by atoms with Crippen molar-refractivity contribution < 1.29 is 9.90 Å². The highest BCUT2D eigenvalue weighted by Gasteiger charge is 2.59. The van der Waals surface area contributed by atoms with Gasteiger partial charge in [-0.2, -0.15) is 0 Å². The molecular formula is C24H30O2S. The van der Waals surface area contributed by atoms with Gasteiger partial charge in [-0.25, -0.2) is 0 Å². The summed E-state index contributed by atoms with van der Waals surface area (Å²) < 4.78 is 0. The van der Waals surface area contributed by atoms with Gasteiger partial charge in [0.05, 0.1) is 6.10 Å². The van der Waals surface area contributed by atoms with Crippen LogP contribution in [0.25, 0.3) is 6.08 Å². The highest BCUT2D eigenvalue weighted by Crippen LogP contribution is 2.64. The van der Waals surface area contributed by atoms with E-state index in [-0.39, 0.29) is 16.9 Å². The van der Waals surface area contributed by atoms with Crippen molar-refractivity contribution in [3.8, 4) is 0 Å². The Bertz CT molecular complexity index is 819. The first kappa shape index (κ1) is 17.9. The van der Waals surface area contributed by atoms with Crippen LogP contribution in [0, 0.1) is 28.6 Å². The molecule has 0 aromatic carbocycles. The molecule has 2 nitrogen and oxygen atoms in total. The summed E-state index contributed by atoms with van der Waals surface area (Å²) in [5.74, 6) is 2.19. The van der Waals surface area contributed by atoms with E-state index in [0.29, 0.717) is 23.5 Å². The Morgan fingerprint density at radius 3 is 2.74 bits per heavy atom. The van der Waals surface area contributed by atoms with E-state index >= 15 is 0 Å². The lowest BCUT2D eigenvalue weighted by molar-refractivity contribution is -0.130. The molecule has 5 rings (SSSR count). The van der Waals surface area contributed by atoms with E-state index < -0.39 is 0 Å². The number of carbonyl (C=O) groups excluding carboxylic acids is 1. The average Bonchev–Trinajstić information content (AvgIpc) is 3.24. The molecule has 6 atom stereocenters. The molecule has 1 aromatic rings. The Morgan fingerprint density at radius 2 is 1.96 bits per heavy atom. The van der Waals surface area contributed by atoms with Crippen molar-refractivity contribution in [1.29, 1.82) is 0 Å². The number of carbonyl (C=O) groups is 1. The second-order valence-electron chi connectivity index (χ2n) is 9.83. The van der Waals surface area contributed by atoms with Crippen molar-refractivity contribution in [3.63, 3.8) is 0 Å². The fraction of sp³-hybridized carbons (Fsp3) is 0.625. The molecule has 1 heterocycles. The van der Waals surface area contributed by atoms with Crippen LogP contribution < -0.4 is 0 Å². The first-order chi connectivity index (χ1) is 12.9. The van der Waals surface area contributed by atoms with E-state index in [1.807, 2.05) is 0 Å². The van der Waals surface area contributed by atoms with E-state index in [0.717, 1.165) is 44.1 Å².